The first-order chi connectivity index (χ1) is 15.6. The van der Waals surface area contributed by atoms with Crippen molar-refractivity contribution in [3.8, 4) is 17.2 Å². The number of nitrogens with zero attached hydrogens (tertiary/aromatic N) is 1. The number of phenols is 1. The highest BCUT2D eigenvalue weighted by atomic mass is 19.4. The molecule has 3 rings (SSSR count). The summed E-state index contributed by atoms with van der Waals surface area (Å²) in [5.41, 5.74) is -1.94. The van der Waals surface area contributed by atoms with Gasteiger partial charge in [-0.1, -0.05) is 24.3 Å². The summed E-state index contributed by atoms with van der Waals surface area (Å²) in [6.45, 7) is 0.0902. The molecule has 8 nitrogen and oxygen atoms in total. The van der Waals surface area contributed by atoms with Gasteiger partial charge in [0, 0.05) is 13.0 Å². The van der Waals surface area contributed by atoms with Gasteiger partial charge in [-0.15, -0.1) is 0 Å². The number of benzene rings is 2. The first-order valence-corrected chi connectivity index (χ1v) is 9.71. The number of hydrogen-bond acceptors (Lipinski definition) is 6. The number of alkyl halides is 3. The van der Waals surface area contributed by atoms with Gasteiger partial charge >= 0.3 is 6.18 Å². The number of phenolic OH excluding ortho intramolecular Hbond substituents is 1. The minimum Gasteiger partial charge on any atom is -0.504 e. The molecule has 0 fully saturated rings. The van der Waals surface area contributed by atoms with Crippen LogP contribution in [0.4, 0.5) is 13.2 Å². The molecule has 4 N–H and O–H groups in total. The van der Waals surface area contributed by atoms with Crippen molar-refractivity contribution in [2.24, 2.45) is 0 Å². The summed E-state index contributed by atoms with van der Waals surface area (Å²) in [4.78, 5) is 30.6. The van der Waals surface area contributed by atoms with Gasteiger partial charge < -0.3 is 25.3 Å². The number of aromatic amines is 1. The number of hydrogen-bond donors (Lipinski definition) is 4. The van der Waals surface area contributed by atoms with Crippen LogP contribution in [0.1, 0.15) is 33.0 Å². The van der Waals surface area contributed by atoms with Crippen molar-refractivity contribution in [3.63, 3.8) is 0 Å². The molecule has 0 aliphatic rings. The summed E-state index contributed by atoms with van der Waals surface area (Å²) >= 11 is 0. The second-order valence-electron chi connectivity index (χ2n) is 7.05. The minimum atomic E-state index is -4.61. The zero-order chi connectivity index (χ0) is 24.2. The summed E-state index contributed by atoms with van der Waals surface area (Å²) in [7, 11) is 1.40. The molecule has 2 aromatic carbocycles. The minimum absolute atomic E-state index is 0.0393. The predicted octanol–water partition coefficient (Wildman–Crippen LogP) is 2.77. The van der Waals surface area contributed by atoms with Crippen LogP contribution in [0.2, 0.25) is 0 Å². The van der Waals surface area contributed by atoms with Crippen molar-refractivity contribution in [3.05, 3.63) is 81.0 Å². The molecule has 174 valence electrons. The molecule has 0 spiro atoms. The zero-order valence-electron chi connectivity index (χ0n) is 17.4. The summed E-state index contributed by atoms with van der Waals surface area (Å²) in [6, 6.07) is 9.44. The molecule has 1 aromatic heterocycles. The Balaban J connectivity index is 1.76. The Morgan fingerprint density at radius 3 is 2.61 bits per heavy atom. The average molecular weight is 463 g/mol. The van der Waals surface area contributed by atoms with E-state index >= 15 is 0 Å². The number of aromatic hydroxyl groups is 2. The summed E-state index contributed by atoms with van der Waals surface area (Å²) in [6.07, 6.45) is -4.68. The van der Waals surface area contributed by atoms with Crippen LogP contribution in [0.15, 0.2) is 47.3 Å². The number of aromatic nitrogens is 2. The molecule has 0 radical (unpaired) electrons. The van der Waals surface area contributed by atoms with Crippen LogP contribution in [0.5, 0.6) is 17.2 Å². The fourth-order valence-electron chi connectivity index (χ4n) is 3.17. The van der Waals surface area contributed by atoms with E-state index in [4.69, 9.17) is 4.74 Å². The maximum Gasteiger partial charge on any atom is 0.416 e. The zero-order valence-corrected chi connectivity index (χ0v) is 17.4. The normalized spacial score (nSPS) is 11.3. The van der Waals surface area contributed by atoms with Gasteiger partial charge in [0.25, 0.3) is 11.5 Å². The number of H-pyrrole nitrogens is 1. The largest absolute Gasteiger partial charge is 0.504 e. The van der Waals surface area contributed by atoms with Crippen molar-refractivity contribution in [2.45, 2.75) is 19.0 Å². The number of rotatable bonds is 7. The van der Waals surface area contributed by atoms with Crippen LogP contribution < -0.4 is 15.6 Å². The molecule has 3 aromatic rings. The number of ether oxygens (including phenoxy) is 1. The molecule has 0 aliphatic heterocycles. The first-order valence-electron chi connectivity index (χ1n) is 9.71. The van der Waals surface area contributed by atoms with E-state index in [9.17, 15) is 33.0 Å². The first kappa shape index (κ1) is 23.6. The maximum atomic E-state index is 13.2. The smallest absolute Gasteiger partial charge is 0.416 e. The highest BCUT2D eigenvalue weighted by molar-refractivity contribution is 5.94. The van der Waals surface area contributed by atoms with Crippen molar-refractivity contribution in [1.82, 2.24) is 15.3 Å². The Bertz CT molecular complexity index is 1220. The monoisotopic (exact) mass is 463 g/mol. The summed E-state index contributed by atoms with van der Waals surface area (Å²) in [5.74, 6) is -1.79. The van der Waals surface area contributed by atoms with E-state index in [2.05, 4.69) is 15.3 Å². The van der Waals surface area contributed by atoms with E-state index in [-0.39, 0.29) is 29.4 Å². The Morgan fingerprint density at radius 2 is 1.91 bits per heavy atom. The number of carbonyl (C=O) groups excluding carboxylic acids is 1. The fourth-order valence-corrected chi connectivity index (χ4v) is 3.17. The number of halogens is 3. The SMILES string of the molecule is COc1cc(CCNC(=O)c2nc(Cc3ccccc3C(F)(F)F)[nH]c(=O)c2O)ccc1O. The highest BCUT2D eigenvalue weighted by Crippen LogP contribution is 2.32. The van der Waals surface area contributed by atoms with Crippen molar-refractivity contribution < 1.29 is 32.9 Å². The molecule has 0 atom stereocenters. The van der Waals surface area contributed by atoms with E-state index in [1.54, 1.807) is 12.1 Å². The maximum absolute atomic E-state index is 13.2. The molecule has 1 amide bonds. The number of nitrogens with one attached hydrogen (secondary N) is 2. The number of amides is 1. The number of methoxy groups -OCH3 is 1. The second kappa shape index (κ2) is 9.63. The van der Waals surface area contributed by atoms with E-state index in [1.807, 2.05) is 0 Å². The fraction of sp³-hybridized carbons (Fsp3) is 0.227. The lowest BCUT2D eigenvalue weighted by molar-refractivity contribution is -0.138. The van der Waals surface area contributed by atoms with E-state index < -0.39 is 41.1 Å². The van der Waals surface area contributed by atoms with Gasteiger partial charge in [0.05, 0.1) is 12.7 Å². The molecule has 0 aliphatic carbocycles. The van der Waals surface area contributed by atoms with Crippen LogP contribution in [-0.2, 0) is 19.0 Å². The Kier molecular flexibility index (Phi) is 6.90. The molecule has 0 saturated carbocycles. The lowest BCUT2D eigenvalue weighted by Crippen LogP contribution is -2.29. The molecule has 0 saturated heterocycles. The lowest BCUT2D eigenvalue weighted by Gasteiger charge is -2.13. The third-order valence-corrected chi connectivity index (χ3v) is 4.78. The average Bonchev–Trinajstić information content (AvgIpc) is 2.76. The summed E-state index contributed by atoms with van der Waals surface area (Å²) < 4.78 is 44.7. The van der Waals surface area contributed by atoms with Gasteiger partial charge in [-0.25, -0.2) is 4.98 Å². The quantitative estimate of drug-likeness (QED) is 0.427. The predicted molar refractivity (Wildman–Crippen MR) is 111 cm³/mol. The van der Waals surface area contributed by atoms with E-state index in [0.717, 1.165) is 11.6 Å². The molecule has 0 unspecified atom stereocenters. The Hall–Kier alpha value is -4.02. The third-order valence-electron chi connectivity index (χ3n) is 4.78. The molecular weight excluding hydrogens is 443 g/mol. The van der Waals surface area contributed by atoms with Crippen molar-refractivity contribution in [2.75, 3.05) is 13.7 Å². The Morgan fingerprint density at radius 1 is 1.18 bits per heavy atom. The van der Waals surface area contributed by atoms with Crippen LogP contribution in [-0.4, -0.2) is 39.7 Å². The molecular formula is C22H20F3N3O5. The standard InChI is InChI=1S/C22H20F3N3O5/c1-33-16-10-12(6-7-15(16)29)8-9-26-20(31)18-19(30)21(32)28-17(27-18)11-13-4-2-3-5-14(13)22(23,24)25/h2-7,10,29-30H,8-9,11H2,1H3,(H,26,31)(H,27,28,32). The lowest BCUT2D eigenvalue weighted by atomic mass is 10.0. The van der Waals surface area contributed by atoms with Gasteiger partial charge in [-0.3, -0.25) is 9.59 Å². The van der Waals surface area contributed by atoms with Gasteiger partial charge in [0.2, 0.25) is 5.75 Å². The molecule has 33 heavy (non-hydrogen) atoms. The number of carbonyl (C=O) groups is 1. The van der Waals surface area contributed by atoms with Crippen LogP contribution in [0.25, 0.3) is 0 Å². The van der Waals surface area contributed by atoms with E-state index in [1.165, 1.54) is 31.4 Å². The van der Waals surface area contributed by atoms with Gasteiger partial charge in [0.1, 0.15) is 5.82 Å². The molecule has 1 heterocycles. The van der Waals surface area contributed by atoms with Gasteiger partial charge in [-0.2, -0.15) is 13.2 Å². The molecule has 11 heteroatoms. The van der Waals surface area contributed by atoms with Crippen LogP contribution >= 0.6 is 0 Å². The second-order valence-corrected chi connectivity index (χ2v) is 7.05. The van der Waals surface area contributed by atoms with Crippen molar-refractivity contribution >= 4 is 5.91 Å². The Labute approximate surface area is 185 Å². The summed E-state index contributed by atoms with van der Waals surface area (Å²) in [5, 5.41) is 22.1. The third kappa shape index (κ3) is 5.62. The van der Waals surface area contributed by atoms with Gasteiger partial charge in [0.15, 0.2) is 17.2 Å². The molecule has 0 bridgehead atoms. The van der Waals surface area contributed by atoms with Gasteiger partial charge in [-0.05, 0) is 35.7 Å². The topological polar surface area (TPSA) is 125 Å². The van der Waals surface area contributed by atoms with Crippen LogP contribution in [0, 0.1) is 0 Å². The van der Waals surface area contributed by atoms with Crippen LogP contribution in [0.3, 0.4) is 0 Å². The van der Waals surface area contributed by atoms with E-state index in [0.29, 0.717) is 6.42 Å². The highest BCUT2D eigenvalue weighted by Gasteiger charge is 2.33. The van der Waals surface area contributed by atoms with Crippen molar-refractivity contribution in [1.29, 1.82) is 0 Å².